The van der Waals surface area contributed by atoms with Gasteiger partial charge in [0.2, 0.25) is 11.8 Å². The van der Waals surface area contributed by atoms with Gasteiger partial charge in [-0.15, -0.1) is 11.8 Å². The van der Waals surface area contributed by atoms with Crippen LogP contribution in [0.25, 0.3) is 0 Å². The van der Waals surface area contributed by atoms with Gasteiger partial charge in [0.1, 0.15) is 23.2 Å². The highest BCUT2D eigenvalue weighted by Crippen LogP contribution is 2.44. The van der Waals surface area contributed by atoms with E-state index >= 15 is 0 Å². The molecule has 1 aromatic rings. The summed E-state index contributed by atoms with van der Waals surface area (Å²) in [6.45, 7) is 0.607. The number of aliphatic hydroxyl groups is 1. The number of carboxylic acid groups (broad SMARTS) is 1. The summed E-state index contributed by atoms with van der Waals surface area (Å²) in [4.78, 5) is 49.1. The van der Waals surface area contributed by atoms with E-state index in [1.807, 2.05) is 0 Å². The van der Waals surface area contributed by atoms with Gasteiger partial charge in [0.05, 0.1) is 6.61 Å². The second-order valence-corrected chi connectivity index (χ2v) is 8.62. The van der Waals surface area contributed by atoms with Crippen LogP contribution in [0, 0.1) is 0 Å². The van der Waals surface area contributed by atoms with E-state index in [2.05, 4.69) is 5.32 Å². The molecule has 1 aliphatic rings. The number of hydrogen-bond acceptors (Lipinski definition) is 8. The van der Waals surface area contributed by atoms with Crippen molar-refractivity contribution in [3.63, 3.8) is 0 Å². The predicted molar refractivity (Wildman–Crippen MR) is 108 cm³/mol. The minimum atomic E-state index is -1.48. The van der Waals surface area contributed by atoms with Gasteiger partial charge in [0, 0.05) is 30.4 Å². The van der Waals surface area contributed by atoms with Gasteiger partial charge in [0.25, 0.3) is 0 Å². The Bertz CT molecular complexity index is 789. The number of phenolic OH excluding ortho intramolecular Hbond substituents is 1. The first-order chi connectivity index (χ1) is 13.8. The zero-order valence-electron chi connectivity index (χ0n) is 15.6. The van der Waals surface area contributed by atoms with E-state index in [-0.39, 0.29) is 28.8 Å². The molecule has 9 nitrogen and oxygen atoms in total. The summed E-state index contributed by atoms with van der Waals surface area (Å²) in [7, 11) is 0. The Morgan fingerprint density at radius 2 is 2.00 bits per heavy atom. The zero-order chi connectivity index (χ0) is 21.6. The molecule has 4 N–H and O–H groups in total. The van der Waals surface area contributed by atoms with Gasteiger partial charge in [-0.05, 0) is 6.07 Å². The van der Waals surface area contributed by atoms with Crippen molar-refractivity contribution in [1.82, 2.24) is 10.2 Å². The first-order valence-corrected chi connectivity index (χ1v) is 10.8. The topological polar surface area (TPSA) is 144 Å². The zero-order valence-corrected chi connectivity index (χ0v) is 17.2. The fraction of sp³-hybridized carbons (Fsp3) is 0.444. The molecule has 0 saturated carbocycles. The number of amides is 2. The van der Waals surface area contributed by atoms with E-state index in [1.54, 1.807) is 18.2 Å². The summed E-state index contributed by atoms with van der Waals surface area (Å²) < 4.78 is 0. The number of thioether (sulfide) groups is 2. The van der Waals surface area contributed by atoms with Gasteiger partial charge in [-0.3, -0.25) is 14.4 Å². The smallest absolute Gasteiger partial charge is 0.328 e. The third-order valence-corrected chi connectivity index (χ3v) is 6.33. The van der Waals surface area contributed by atoms with Crippen LogP contribution in [0.15, 0.2) is 24.3 Å². The molecule has 158 valence electrons. The Labute approximate surface area is 175 Å². The van der Waals surface area contributed by atoms with E-state index in [0.29, 0.717) is 5.56 Å². The number of phenols is 1. The first kappa shape index (κ1) is 23.0. The molecule has 1 fully saturated rings. The van der Waals surface area contributed by atoms with Crippen LogP contribution in [0.1, 0.15) is 24.3 Å². The standard InChI is InChI=1S/C18H22N2O7S2/c1-10(22)28-7-6-15(24)20-13(16(25)19-12(8-21)18(26)27)9-29-17(20)11-4-2-3-5-14(11)23/h2-5,12-13,17,21,23H,6-9H2,1H3,(H,19,25)(H,26,27)/t12-,13-,17+/m0/s1. The maximum absolute atomic E-state index is 12.9. The monoisotopic (exact) mass is 442 g/mol. The molecule has 1 saturated heterocycles. The highest BCUT2D eigenvalue weighted by atomic mass is 32.2. The number of carbonyl (C=O) groups excluding carboxylic acids is 3. The second-order valence-electron chi connectivity index (χ2n) is 6.23. The van der Waals surface area contributed by atoms with Crippen molar-refractivity contribution in [3.05, 3.63) is 29.8 Å². The Balaban J connectivity index is 2.26. The number of benzene rings is 1. The molecule has 29 heavy (non-hydrogen) atoms. The highest BCUT2D eigenvalue weighted by Gasteiger charge is 2.43. The van der Waals surface area contributed by atoms with Crippen LogP contribution in [0.3, 0.4) is 0 Å². The maximum atomic E-state index is 12.9. The lowest BCUT2D eigenvalue weighted by atomic mass is 10.1. The minimum Gasteiger partial charge on any atom is -0.508 e. The summed E-state index contributed by atoms with van der Waals surface area (Å²) in [5.74, 6) is -2.09. The number of rotatable bonds is 8. The fourth-order valence-corrected chi connectivity index (χ4v) is 4.86. The number of nitrogens with zero attached hydrogens (tertiary/aromatic N) is 1. The van der Waals surface area contributed by atoms with E-state index < -0.39 is 41.8 Å². The van der Waals surface area contributed by atoms with Crippen LogP contribution < -0.4 is 5.32 Å². The van der Waals surface area contributed by atoms with Crippen LogP contribution >= 0.6 is 23.5 Å². The Morgan fingerprint density at radius 1 is 1.31 bits per heavy atom. The lowest BCUT2D eigenvalue weighted by Gasteiger charge is -2.30. The number of aromatic hydroxyl groups is 1. The average Bonchev–Trinajstić information content (AvgIpc) is 3.10. The Hall–Kier alpha value is -2.24. The van der Waals surface area contributed by atoms with Crippen molar-refractivity contribution in [2.45, 2.75) is 30.8 Å². The van der Waals surface area contributed by atoms with Gasteiger partial charge < -0.3 is 25.5 Å². The SMILES string of the molecule is CC(=O)SCCC(=O)N1[C@@H](c2ccccc2O)SC[C@H]1C(=O)N[C@@H](CO)C(=O)O. The molecule has 0 radical (unpaired) electrons. The van der Waals surface area contributed by atoms with Crippen molar-refractivity contribution >= 4 is 46.4 Å². The van der Waals surface area contributed by atoms with Crippen LogP contribution in [-0.4, -0.2) is 73.3 Å². The molecule has 0 spiro atoms. The number of nitrogens with one attached hydrogen (secondary N) is 1. The predicted octanol–water partition coefficient (Wildman–Crippen LogP) is 0.566. The number of carbonyl (C=O) groups is 4. The minimum absolute atomic E-state index is 0.00103. The van der Waals surface area contributed by atoms with Crippen molar-refractivity contribution in [2.24, 2.45) is 0 Å². The number of hydrogen-bond donors (Lipinski definition) is 4. The largest absolute Gasteiger partial charge is 0.508 e. The van der Waals surface area contributed by atoms with Crippen LogP contribution in [0.2, 0.25) is 0 Å². The number of aliphatic carboxylic acids is 1. The molecule has 0 aromatic heterocycles. The molecule has 0 aliphatic carbocycles. The van der Waals surface area contributed by atoms with Crippen molar-refractivity contribution in [2.75, 3.05) is 18.1 Å². The fourth-order valence-electron chi connectivity index (χ4n) is 2.81. The van der Waals surface area contributed by atoms with E-state index in [9.17, 15) is 24.3 Å². The summed E-state index contributed by atoms with van der Waals surface area (Å²) in [5.41, 5.74) is 0.456. The van der Waals surface area contributed by atoms with Gasteiger partial charge in [-0.1, -0.05) is 30.0 Å². The summed E-state index contributed by atoms with van der Waals surface area (Å²) in [6, 6.07) is 3.99. The normalized spacial score (nSPS) is 19.6. The van der Waals surface area contributed by atoms with Crippen molar-refractivity contribution in [1.29, 1.82) is 0 Å². The molecule has 1 aliphatic heterocycles. The summed E-state index contributed by atoms with van der Waals surface area (Å²) in [6.07, 6.45) is 0.00103. The van der Waals surface area contributed by atoms with Gasteiger partial charge >= 0.3 is 5.97 Å². The molecule has 3 atom stereocenters. The van der Waals surface area contributed by atoms with E-state index in [0.717, 1.165) is 11.8 Å². The third kappa shape index (κ3) is 5.87. The van der Waals surface area contributed by atoms with E-state index in [1.165, 1.54) is 29.7 Å². The molecule has 2 rings (SSSR count). The molecule has 11 heteroatoms. The lowest BCUT2D eigenvalue weighted by molar-refractivity contribution is -0.145. The average molecular weight is 443 g/mol. The second kappa shape index (κ2) is 10.5. The Morgan fingerprint density at radius 3 is 2.59 bits per heavy atom. The van der Waals surface area contributed by atoms with Crippen LogP contribution in [0.4, 0.5) is 0 Å². The number of aliphatic hydroxyl groups excluding tert-OH is 1. The van der Waals surface area contributed by atoms with Crippen LogP contribution in [0.5, 0.6) is 5.75 Å². The third-order valence-electron chi connectivity index (χ3n) is 4.21. The van der Waals surface area contributed by atoms with Gasteiger partial charge in [-0.25, -0.2) is 4.79 Å². The van der Waals surface area contributed by atoms with Crippen molar-refractivity contribution in [3.8, 4) is 5.75 Å². The van der Waals surface area contributed by atoms with E-state index in [4.69, 9.17) is 10.2 Å². The van der Waals surface area contributed by atoms with Crippen LogP contribution in [-0.2, 0) is 19.2 Å². The molecule has 1 heterocycles. The lowest BCUT2D eigenvalue weighted by Crippen LogP contribution is -2.53. The van der Waals surface area contributed by atoms with Gasteiger partial charge in [-0.2, -0.15) is 0 Å². The molecular weight excluding hydrogens is 420 g/mol. The number of carboxylic acids is 1. The molecule has 2 amide bonds. The molecule has 0 bridgehead atoms. The summed E-state index contributed by atoms with van der Waals surface area (Å²) >= 11 is 2.26. The molecule has 0 unspecified atom stereocenters. The Kier molecular flexibility index (Phi) is 8.35. The van der Waals surface area contributed by atoms with Crippen molar-refractivity contribution < 1.29 is 34.5 Å². The maximum Gasteiger partial charge on any atom is 0.328 e. The highest BCUT2D eigenvalue weighted by molar-refractivity contribution is 8.13. The summed E-state index contributed by atoms with van der Waals surface area (Å²) in [5, 5.41) is 29.8. The number of para-hydroxylation sites is 1. The molecule has 1 aromatic carbocycles. The van der Waals surface area contributed by atoms with Gasteiger partial charge in [0.15, 0.2) is 5.12 Å². The first-order valence-electron chi connectivity index (χ1n) is 8.74. The molecular formula is C18H22N2O7S2. The quantitative estimate of drug-likeness (QED) is 0.454.